The molecule has 1 aromatic heterocycles. The maximum Gasteiger partial charge on any atom is 0.294 e. The lowest BCUT2D eigenvalue weighted by atomic mass is 10.2. The molecule has 0 amide bonds. The van der Waals surface area contributed by atoms with Gasteiger partial charge in [-0.3, -0.25) is 0 Å². The number of aromatic nitrogens is 2. The maximum absolute atomic E-state index is 5.47. The number of nitrogens with two attached hydrogens (primary N) is 1. The van der Waals surface area contributed by atoms with Gasteiger partial charge in [-0.25, -0.2) is 0 Å². The van der Waals surface area contributed by atoms with Crippen LogP contribution in [0.25, 0.3) is 0 Å². The van der Waals surface area contributed by atoms with Crippen LogP contribution in [0.15, 0.2) is 0 Å². The molecular weight excluding hydrogens is 174 g/mol. The van der Waals surface area contributed by atoms with Crippen LogP contribution in [0.4, 0.5) is 0 Å². The minimum Gasteiger partial charge on any atom is -0.463 e. The SMILES string of the molecule is CC(C)(C)Oc1nnc(CN)s1. The highest BCUT2D eigenvalue weighted by molar-refractivity contribution is 7.13. The third-order valence-corrected chi connectivity index (χ3v) is 1.84. The van der Waals surface area contributed by atoms with E-state index in [-0.39, 0.29) is 5.60 Å². The van der Waals surface area contributed by atoms with Gasteiger partial charge in [0.05, 0.1) is 0 Å². The van der Waals surface area contributed by atoms with Crippen molar-refractivity contribution < 1.29 is 4.74 Å². The van der Waals surface area contributed by atoms with E-state index in [9.17, 15) is 0 Å². The molecule has 12 heavy (non-hydrogen) atoms. The van der Waals surface area contributed by atoms with E-state index in [4.69, 9.17) is 10.5 Å². The lowest BCUT2D eigenvalue weighted by Gasteiger charge is -2.17. The first-order valence-electron chi connectivity index (χ1n) is 3.73. The molecule has 0 spiro atoms. The van der Waals surface area contributed by atoms with Gasteiger partial charge in [0.1, 0.15) is 10.6 Å². The minimum absolute atomic E-state index is 0.217. The fourth-order valence-corrected chi connectivity index (χ4v) is 1.36. The van der Waals surface area contributed by atoms with Gasteiger partial charge in [-0.05, 0) is 20.8 Å². The Bertz CT molecular complexity index is 253. The van der Waals surface area contributed by atoms with Gasteiger partial charge in [-0.2, -0.15) is 0 Å². The van der Waals surface area contributed by atoms with E-state index in [0.29, 0.717) is 11.7 Å². The summed E-state index contributed by atoms with van der Waals surface area (Å²) in [5.41, 5.74) is 5.16. The average Bonchev–Trinajstić information content (AvgIpc) is 2.32. The molecule has 0 fully saturated rings. The van der Waals surface area contributed by atoms with Crippen LogP contribution in [0.3, 0.4) is 0 Å². The van der Waals surface area contributed by atoms with Crippen LogP contribution in [0.1, 0.15) is 25.8 Å². The number of hydrogen-bond donors (Lipinski definition) is 1. The van der Waals surface area contributed by atoms with Crippen molar-refractivity contribution in [2.45, 2.75) is 32.9 Å². The van der Waals surface area contributed by atoms with Crippen molar-refractivity contribution in [3.05, 3.63) is 5.01 Å². The number of rotatable bonds is 2. The summed E-state index contributed by atoms with van der Waals surface area (Å²) in [6.45, 7) is 6.33. The molecule has 4 nitrogen and oxygen atoms in total. The quantitative estimate of drug-likeness (QED) is 0.755. The van der Waals surface area contributed by atoms with E-state index in [0.717, 1.165) is 5.01 Å². The van der Waals surface area contributed by atoms with E-state index in [1.807, 2.05) is 20.8 Å². The zero-order valence-electron chi connectivity index (χ0n) is 7.50. The highest BCUT2D eigenvalue weighted by atomic mass is 32.1. The van der Waals surface area contributed by atoms with Crippen molar-refractivity contribution in [3.8, 4) is 5.19 Å². The van der Waals surface area contributed by atoms with E-state index in [1.165, 1.54) is 11.3 Å². The third kappa shape index (κ3) is 2.75. The molecule has 1 heterocycles. The van der Waals surface area contributed by atoms with Gasteiger partial charge >= 0.3 is 0 Å². The summed E-state index contributed by atoms with van der Waals surface area (Å²) in [7, 11) is 0. The zero-order valence-corrected chi connectivity index (χ0v) is 8.31. The monoisotopic (exact) mass is 187 g/mol. The van der Waals surface area contributed by atoms with Crippen molar-refractivity contribution >= 4 is 11.3 Å². The predicted octanol–water partition coefficient (Wildman–Crippen LogP) is 1.17. The molecule has 0 atom stereocenters. The Kier molecular flexibility index (Phi) is 2.64. The molecule has 1 rings (SSSR count). The van der Waals surface area contributed by atoms with Crippen LogP contribution in [-0.4, -0.2) is 15.8 Å². The highest BCUT2D eigenvalue weighted by Gasteiger charge is 2.14. The van der Waals surface area contributed by atoms with Crippen LogP contribution in [0, 0.1) is 0 Å². The molecule has 0 aliphatic carbocycles. The van der Waals surface area contributed by atoms with Gasteiger partial charge in [0.2, 0.25) is 0 Å². The lowest BCUT2D eigenvalue weighted by Crippen LogP contribution is -2.22. The second kappa shape index (κ2) is 3.37. The standard InChI is InChI=1S/C7H13N3OS/c1-7(2,3)11-6-10-9-5(4-8)12-6/h4,8H2,1-3H3. The summed E-state index contributed by atoms with van der Waals surface area (Å²) in [5.74, 6) is 0. The second-order valence-electron chi connectivity index (χ2n) is 3.38. The largest absolute Gasteiger partial charge is 0.463 e. The van der Waals surface area contributed by atoms with Crippen molar-refractivity contribution in [1.82, 2.24) is 10.2 Å². The summed E-state index contributed by atoms with van der Waals surface area (Å²) in [6, 6.07) is 0. The Morgan fingerprint density at radius 1 is 1.42 bits per heavy atom. The summed E-state index contributed by atoms with van der Waals surface area (Å²) in [5, 5.41) is 9.06. The second-order valence-corrected chi connectivity index (χ2v) is 4.40. The molecule has 68 valence electrons. The van der Waals surface area contributed by atoms with Gasteiger partial charge in [-0.15, -0.1) is 5.10 Å². The Morgan fingerprint density at radius 2 is 2.08 bits per heavy atom. The molecule has 0 saturated heterocycles. The Hall–Kier alpha value is -0.680. The molecule has 0 aliphatic rings. The van der Waals surface area contributed by atoms with Crippen LogP contribution in [0.5, 0.6) is 5.19 Å². The molecule has 0 saturated carbocycles. The first-order valence-corrected chi connectivity index (χ1v) is 4.54. The highest BCUT2D eigenvalue weighted by Crippen LogP contribution is 2.21. The molecule has 0 radical (unpaired) electrons. The van der Waals surface area contributed by atoms with E-state index in [2.05, 4.69) is 10.2 Å². The molecule has 0 unspecified atom stereocenters. The Labute approximate surface area is 75.8 Å². The summed E-state index contributed by atoms with van der Waals surface area (Å²) >= 11 is 1.39. The predicted molar refractivity (Wildman–Crippen MR) is 48.2 cm³/mol. The molecule has 2 N–H and O–H groups in total. The Balaban J connectivity index is 2.64. The minimum atomic E-state index is -0.217. The third-order valence-electron chi connectivity index (χ3n) is 1.02. The van der Waals surface area contributed by atoms with Crippen molar-refractivity contribution in [3.63, 3.8) is 0 Å². The summed E-state index contributed by atoms with van der Waals surface area (Å²) < 4.78 is 5.47. The van der Waals surface area contributed by atoms with Gasteiger partial charge in [0.25, 0.3) is 5.19 Å². The maximum atomic E-state index is 5.47. The molecule has 0 bridgehead atoms. The average molecular weight is 187 g/mol. The Morgan fingerprint density at radius 3 is 2.50 bits per heavy atom. The first kappa shape index (κ1) is 9.41. The normalized spacial score (nSPS) is 11.7. The van der Waals surface area contributed by atoms with Crippen LogP contribution in [0.2, 0.25) is 0 Å². The van der Waals surface area contributed by atoms with E-state index < -0.39 is 0 Å². The van der Waals surface area contributed by atoms with Crippen LogP contribution >= 0.6 is 11.3 Å². The molecule has 5 heteroatoms. The molecule has 1 aromatic rings. The lowest BCUT2D eigenvalue weighted by molar-refractivity contribution is 0.129. The van der Waals surface area contributed by atoms with Gasteiger partial charge in [-0.1, -0.05) is 16.4 Å². The number of ether oxygens (including phenoxy) is 1. The number of nitrogens with zero attached hydrogens (tertiary/aromatic N) is 2. The first-order chi connectivity index (χ1) is 5.51. The zero-order chi connectivity index (χ0) is 9.19. The molecular formula is C7H13N3OS. The van der Waals surface area contributed by atoms with Crippen LogP contribution in [-0.2, 0) is 6.54 Å². The van der Waals surface area contributed by atoms with Gasteiger partial charge in [0.15, 0.2) is 0 Å². The van der Waals surface area contributed by atoms with E-state index in [1.54, 1.807) is 0 Å². The van der Waals surface area contributed by atoms with Gasteiger partial charge < -0.3 is 10.5 Å². The summed E-state index contributed by atoms with van der Waals surface area (Å²) in [4.78, 5) is 0. The number of hydrogen-bond acceptors (Lipinski definition) is 5. The van der Waals surface area contributed by atoms with Crippen molar-refractivity contribution in [1.29, 1.82) is 0 Å². The van der Waals surface area contributed by atoms with Crippen LogP contribution < -0.4 is 10.5 Å². The summed E-state index contributed by atoms with van der Waals surface area (Å²) in [6.07, 6.45) is 0. The molecule has 0 aliphatic heterocycles. The topological polar surface area (TPSA) is 61.0 Å². The van der Waals surface area contributed by atoms with Crippen molar-refractivity contribution in [2.24, 2.45) is 5.73 Å². The fraction of sp³-hybridized carbons (Fsp3) is 0.714. The fourth-order valence-electron chi connectivity index (χ4n) is 0.624. The smallest absolute Gasteiger partial charge is 0.294 e. The van der Waals surface area contributed by atoms with Crippen molar-refractivity contribution in [2.75, 3.05) is 0 Å². The van der Waals surface area contributed by atoms with E-state index >= 15 is 0 Å². The molecule has 0 aromatic carbocycles. The van der Waals surface area contributed by atoms with Gasteiger partial charge in [0, 0.05) is 6.54 Å².